The van der Waals surface area contributed by atoms with Gasteiger partial charge in [0, 0.05) is 12.6 Å². The lowest BCUT2D eigenvalue weighted by molar-refractivity contribution is 0.339. The van der Waals surface area contributed by atoms with Crippen LogP contribution in [0.5, 0.6) is 0 Å². The number of rotatable bonds is 3. The normalized spacial score (nSPS) is 34.6. The lowest BCUT2D eigenvalue weighted by Crippen LogP contribution is -2.58. The first-order valence-electron chi connectivity index (χ1n) is 6.23. The third kappa shape index (κ3) is 2.77. The van der Waals surface area contributed by atoms with Gasteiger partial charge < -0.3 is 5.32 Å². The minimum absolute atomic E-state index is 0.126. The van der Waals surface area contributed by atoms with Gasteiger partial charge >= 0.3 is 0 Å². The summed E-state index contributed by atoms with van der Waals surface area (Å²) in [6, 6.07) is 0.126. The van der Waals surface area contributed by atoms with Crippen LogP contribution in [0, 0.1) is 11.8 Å². The Balaban J connectivity index is 2.95. The molecule has 0 bridgehead atoms. The number of hydrogen-bond acceptors (Lipinski definition) is 3. The first-order valence-corrected chi connectivity index (χ1v) is 7.83. The standard InChI is InChI=1S/C12H25NO2S/c1-8(2)6-11-12(9(3)4)16(14,15)10(5)7-13-11/h8-13H,6-7H2,1-5H3. The van der Waals surface area contributed by atoms with Crippen molar-refractivity contribution in [2.45, 2.75) is 57.6 Å². The maximum atomic E-state index is 12.3. The highest BCUT2D eigenvalue weighted by Gasteiger charge is 2.42. The van der Waals surface area contributed by atoms with Gasteiger partial charge in [0.1, 0.15) is 0 Å². The molecule has 1 N–H and O–H groups in total. The lowest BCUT2D eigenvalue weighted by atomic mass is 9.94. The van der Waals surface area contributed by atoms with E-state index in [4.69, 9.17) is 0 Å². The van der Waals surface area contributed by atoms with Crippen molar-refractivity contribution in [3.63, 3.8) is 0 Å². The highest BCUT2D eigenvalue weighted by Crippen LogP contribution is 2.27. The van der Waals surface area contributed by atoms with Gasteiger partial charge in [-0.05, 0) is 25.2 Å². The van der Waals surface area contributed by atoms with E-state index >= 15 is 0 Å². The molecular weight excluding hydrogens is 222 g/mol. The van der Waals surface area contributed by atoms with Gasteiger partial charge in [-0.1, -0.05) is 27.7 Å². The van der Waals surface area contributed by atoms with Crippen LogP contribution in [0.2, 0.25) is 0 Å². The topological polar surface area (TPSA) is 46.2 Å². The molecule has 16 heavy (non-hydrogen) atoms. The zero-order chi connectivity index (χ0) is 12.5. The van der Waals surface area contributed by atoms with E-state index in [1.165, 1.54) is 0 Å². The van der Waals surface area contributed by atoms with Crippen molar-refractivity contribution in [3.05, 3.63) is 0 Å². The predicted molar refractivity (Wildman–Crippen MR) is 68.3 cm³/mol. The van der Waals surface area contributed by atoms with Gasteiger partial charge in [-0.2, -0.15) is 0 Å². The first kappa shape index (κ1) is 14.0. The molecule has 0 amide bonds. The van der Waals surface area contributed by atoms with Crippen LogP contribution in [0.15, 0.2) is 0 Å². The number of hydrogen-bond donors (Lipinski definition) is 1. The zero-order valence-corrected chi connectivity index (χ0v) is 11.8. The molecule has 0 spiro atoms. The second-order valence-electron chi connectivity index (χ2n) is 5.75. The average molecular weight is 247 g/mol. The lowest BCUT2D eigenvalue weighted by Gasteiger charge is -2.38. The Morgan fingerprint density at radius 3 is 2.25 bits per heavy atom. The van der Waals surface area contributed by atoms with Crippen molar-refractivity contribution in [2.75, 3.05) is 6.54 Å². The Labute approximate surface area is 99.9 Å². The molecule has 4 heteroatoms. The molecular formula is C12H25NO2S. The average Bonchev–Trinajstić information content (AvgIpc) is 2.09. The highest BCUT2D eigenvalue weighted by molar-refractivity contribution is 7.92. The summed E-state index contributed by atoms with van der Waals surface area (Å²) < 4.78 is 24.6. The number of sulfone groups is 1. The van der Waals surface area contributed by atoms with Crippen molar-refractivity contribution >= 4 is 9.84 Å². The summed E-state index contributed by atoms with van der Waals surface area (Å²) in [6.07, 6.45) is 0.939. The molecule has 1 saturated heterocycles. The minimum Gasteiger partial charge on any atom is -0.311 e. The molecule has 0 radical (unpaired) electrons. The van der Waals surface area contributed by atoms with Crippen molar-refractivity contribution in [3.8, 4) is 0 Å². The molecule has 0 aromatic carbocycles. The van der Waals surface area contributed by atoms with E-state index in [2.05, 4.69) is 19.2 Å². The second kappa shape index (κ2) is 5.05. The minimum atomic E-state index is -2.96. The van der Waals surface area contributed by atoms with E-state index in [0.29, 0.717) is 12.5 Å². The fraction of sp³-hybridized carbons (Fsp3) is 1.00. The van der Waals surface area contributed by atoms with Crippen LogP contribution in [0.1, 0.15) is 41.0 Å². The SMILES string of the molecule is CC(C)CC1NCC(C)S(=O)(=O)C1C(C)C. The summed E-state index contributed by atoms with van der Waals surface area (Å²) in [4.78, 5) is 0. The maximum absolute atomic E-state index is 12.3. The summed E-state index contributed by atoms with van der Waals surface area (Å²) in [5.74, 6) is 0.714. The largest absolute Gasteiger partial charge is 0.311 e. The molecule has 3 unspecified atom stereocenters. The molecule has 3 atom stereocenters. The molecule has 0 aromatic rings. The van der Waals surface area contributed by atoms with E-state index in [0.717, 1.165) is 6.42 Å². The summed E-state index contributed by atoms with van der Waals surface area (Å²) in [6.45, 7) is 10.7. The Hall–Kier alpha value is -0.0900. The third-order valence-electron chi connectivity index (χ3n) is 3.39. The molecule has 1 aliphatic heterocycles. The van der Waals surface area contributed by atoms with Crippen LogP contribution < -0.4 is 5.32 Å². The van der Waals surface area contributed by atoms with Gasteiger partial charge in [-0.15, -0.1) is 0 Å². The Morgan fingerprint density at radius 1 is 1.25 bits per heavy atom. The predicted octanol–water partition coefficient (Wildman–Crippen LogP) is 1.83. The van der Waals surface area contributed by atoms with Crippen molar-refractivity contribution in [1.29, 1.82) is 0 Å². The van der Waals surface area contributed by atoms with E-state index in [9.17, 15) is 8.42 Å². The van der Waals surface area contributed by atoms with Gasteiger partial charge in [-0.3, -0.25) is 0 Å². The van der Waals surface area contributed by atoms with Crippen LogP contribution >= 0.6 is 0 Å². The van der Waals surface area contributed by atoms with Gasteiger partial charge in [0.2, 0.25) is 0 Å². The molecule has 1 rings (SSSR count). The second-order valence-corrected chi connectivity index (χ2v) is 8.28. The monoisotopic (exact) mass is 247 g/mol. The first-order chi connectivity index (χ1) is 7.26. The van der Waals surface area contributed by atoms with Crippen LogP contribution in [-0.4, -0.2) is 31.5 Å². The summed E-state index contributed by atoms with van der Waals surface area (Å²) >= 11 is 0. The molecule has 1 fully saturated rings. The van der Waals surface area contributed by atoms with Gasteiger partial charge in [0.15, 0.2) is 9.84 Å². The van der Waals surface area contributed by atoms with Crippen molar-refractivity contribution in [2.24, 2.45) is 11.8 Å². The van der Waals surface area contributed by atoms with E-state index in [1.807, 2.05) is 20.8 Å². The smallest absolute Gasteiger partial charge is 0.158 e. The van der Waals surface area contributed by atoms with Gasteiger partial charge in [-0.25, -0.2) is 8.42 Å². The Kier molecular flexibility index (Phi) is 4.41. The zero-order valence-electron chi connectivity index (χ0n) is 11.0. The van der Waals surface area contributed by atoms with Crippen LogP contribution in [0.4, 0.5) is 0 Å². The molecule has 96 valence electrons. The molecule has 0 aliphatic carbocycles. The Bertz CT molecular complexity index is 322. The molecule has 1 aliphatic rings. The van der Waals surface area contributed by atoms with Crippen molar-refractivity contribution in [1.82, 2.24) is 5.32 Å². The number of nitrogens with one attached hydrogen (secondary N) is 1. The van der Waals surface area contributed by atoms with E-state index in [1.54, 1.807) is 0 Å². The third-order valence-corrected chi connectivity index (χ3v) is 6.31. The van der Waals surface area contributed by atoms with E-state index in [-0.39, 0.29) is 22.5 Å². The molecule has 1 heterocycles. The summed E-state index contributed by atoms with van der Waals surface area (Å²) in [7, 11) is -2.96. The summed E-state index contributed by atoms with van der Waals surface area (Å²) in [5.41, 5.74) is 0. The molecule has 0 saturated carbocycles. The van der Waals surface area contributed by atoms with E-state index < -0.39 is 9.84 Å². The van der Waals surface area contributed by atoms with Crippen LogP contribution in [-0.2, 0) is 9.84 Å². The van der Waals surface area contributed by atoms with Gasteiger partial charge in [0.05, 0.1) is 10.5 Å². The molecule has 0 aromatic heterocycles. The fourth-order valence-electron chi connectivity index (χ4n) is 2.62. The van der Waals surface area contributed by atoms with Crippen LogP contribution in [0.25, 0.3) is 0 Å². The van der Waals surface area contributed by atoms with Gasteiger partial charge in [0.25, 0.3) is 0 Å². The maximum Gasteiger partial charge on any atom is 0.158 e. The van der Waals surface area contributed by atoms with Crippen molar-refractivity contribution < 1.29 is 8.42 Å². The van der Waals surface area contributed by atoms with Crippen LogP contribution in [0.3, 0.4) is 0 Å². The highest BCUT2D eigenvalue weighted by atomic mass is 32.2. The fourth-order valence-corrected chi connectivity index (χ4v) is 4.91. The summed E-state index contributed by atoms with van der Waals surface area (Å²) in [5, 5.41) is 2.94. The molecule has 3 nitrogen and oxygen atoms in total. The Morgan fingerprint density at radius 2 is 1.81 bits per heavy atom. The quantitative estimate of drug-likeness (QED) is 0.827.